The van der Waals surface area contributed by atoms with E-state index in [2.05, 4.69) is 15.9 Å². The first-order chi connectivity index (χ1) is 7.70. The predicted octanol–water partition coefficient (Wildman–Crippen LogP) is 3.60. The minimum atomic E-state index is -0.575. The lowest BCUT2D eigenvalue weighted by Gasteiger charge is -2.27. The van der Waals surface area contributed by atoms with Gasteiger partial charge in [-0.15, -0.1) is 0 Å². The maximum Gasteiger partial charge on any atom is 0.153 e. The Bertz CT molecular complexity index is 397. The van der Waals surface area contributed by atoms with E-state index in [-0.39, 0.29) is 11.6 Å². The Labute approximate surface area is 103 Å². The number of rotatable bonds is 3. The van der Waals surface area contributed by atoms with Crippen LogP contribution in [0.1, 0.15) is 31.2 Å². The van der Waals surface area contributed by atoms with Crippen LogP contribution in [0, 0.1) is 5.82 Å². The molecule has 0 bridgehead atoms. The van der Waals surface area contributed by atoms with Crippen molar-refractivity contribution in [3.63, 3.8) is 0 Å². The number of hydrogen-bond donors (Lipinski definition) is 0. The van der Waals surface area contributed by atoms with E-state index in [9.17, 15) is 9.18 Å². The van der Waals surface area contributed by atoms with Gasteiger partial charge < -0.3 is 0 Å². The Balaban J connectivity index is 2.48. The third-order valence-electron chi connectivity index (χ3n) is 3.50. The van der Waals surface area contributed by atoms with Crippen molar-refractivity contribution in [2.75, 3.05) is 5.33 Å². The largest absolute Gasteiger partial charge is 0.298 e. The Hall–Kier alpha value is -0.700. The van der Waals surface area contributed by atoms with E-state index in [0.29, 0.717) is 10.9 Å². The Morgan fingerprint density at radius 2 is 1.94 bits per heavy atom. The summed E-state index contributed by atoms with van der Waals surface area (Å²) < 4.78 is 13.8. The number of hydrogen-bond acceptors (Lipinski definition) is 1. The highest BCUT2D eigenvalue weighted by molar-refractivity contribution is 9.09. The first kappa shape index (κ1) is 11.8. The topological polar surface area (TPSA) is 17.1 Å². The zero-order chi connectivity index (χ0) is 11.6. The first-order valence-electron chi connectivity index (χ1n) is 5.55. The highest BCUT2D eigenvalue weighted by Crippen LogP contribution is 2.43. The quantitative estimate of drug-likeness (QED) is 0.775. The van der Waals surface area contributed by atoms with E-state index < -0.39 is 5.41 Å². The molecule has 0 saturated heterocycles. The molecule has 2 rings (SSSR count). The molecule has 1 saturated carbocycles. The molecule has 86 valence electrons. The van der Waals surface area contributed by atoms with E-state index in [1.54, 1.807) is 18.2 Å². The Morgan fingerprint density at radius 3 is 2.50 bits per heavy atom. The summed E-state index contributed by atoms with van der Waals surface area (Å²) in [6.45, 7) is 0. The van der Waals surface area contributed by atoms with Crippen LogP contribution in [0.25, 0.3) is 0 Å². The van der Waals surface area contributed by atoms with Gasteiger partial charge in [0.05, 0.1) is 10.7 Å². The number of Topliss-reactive ketones (excluding diaryl/α,β-unsaturated/α-hetero) is 1. The molecule has 0 unspecified atom stereocenters. The number of carbonyl (C=O) groups excluding carboxylic acids is 1. The van der Waals surface area contributed by atoms with Crippen LogP contribution in [0.2, 0.25) is 0 Å². The molecule has 0 aromatic heterocycles. The molecule has 0 radical (unpaired) electrons. The van der Waals surface area contributed by atoms with Crippen molar-refractivity contribution in [2.24, 2.45) is 0 Å². The first-order valence-corrected chi connectivity index (χ1v) is 6.67. The van der Waals surface area contributed by atoms with Crippen LogP contribution >= 0.6 is 15.9 Å². The maximum absolute atomic E-state index is 13.8. The summed E-state index contributed by atoms with van der Waals surface area (Å²) in [5.74, 6) is -0.145. The van der Waals surface area contributed by atoms with Crippen molar-refractivity contribution in [1.29, 1.82) is 0 Å². The van der Waals surface area contributed by atoms with Crippen LogP contribution in [0.5, 0.6) is 0 Å². The third kappa shape index (κ3) is 1.81. The number of ketones is 1. The van der Waals surface area contributed by atoms with E-state index in [1.165, 1.54) is 6.07 Å². The van der Waals surface area contributed by atoms with Crippen molar-refractivity contribution in [3.05, 3.63) is 35.6 Å². The standard InChI is InChI=1S/C13H14BrFO/c14-9-12(16)13(7-3-4-8-13)10-5-1-2-6-11(10)15/h1-2,5-6H,3-4,7-9H2. The van der Waals surface area contributed by atoms with Crippen LogP contribution in [-0.4, -0.2) is 11.1 Å². The van der Waals surface area contributed by atoms with Gasteiger partial charge in [-0.05, 0) is 18.9 Å². The van der Waals surface area contributed by atoms with E-state index in [0.717, 1.165) is 25.7 Å². The summed E-state index contributed by atoms with van der Waals surface area (Å²) in [6, 6.07) is 6.66. The summed E-state index contributed by atoms with van der Waals surface area (Å²) in [5.41, 5.74) is 0.00595. The van der Waals surface area contributed by atoms with Gasteiger partial charge >= 0.3 is 0 Å². The minimum Gasteiger partial charge on any atom is -0.298 e. The lowest BCUT2D eigenvalue weighted by Crippen LogP contribution is -2.34. The number of carbonyl (C=O) groups is 1. The van der Waals surface area contributed by atoms with Crippen LogP contribution in [0.15, 0.2) is 24.3 Å². The zero-order valence-corrected chi connectivity index (χ0v) is 10.6. The summed E-state index contributed by atoms with van der Waals surface area (Å²) in [7, 11) is 0. The highest BCUT2D eigenvalue weighted by Gasteiger charge is 2.43. The van der Waals surface area contributed by atoms with Gasteiger partial charge in [-0.1, -0.05) is 47.0 Å². The average molecular weight is 285 g/mol. The molecule has 3 heteroatoms. The Kier molecular flexibility index (Phi) is 3.43. The molecule has 1 aromatic rings. The average Bonchev–Trinajstić information content (AvgIpc) is 2.79. The molecule has 1 aliphatic rings. The van der Waals surface area contributed by atoms with Crippen LogP contribution in [0.4, 0.5) is 4.39 Å². The molecule has 0 spiro atoms. The van der Waals surface area contributed by atoms with Crippen LogP contribution < -0.4 is 0 Å². The van der Waals surface area contributed by atoms with E-state index in [1.807, 2.05) is 0 Å². The molecule has 0 atom stereocenters. The fourth-order valence-corrected chi connectivity index (χ4v) is 3.19. The second-order valence-corrected chi connectivity index (χ2v) is 4.89. The van der Waals surface area contributed by atoms with E-state index in [4.69, 9.17) is 0 Å². The molecule has 1 aromatic carbocycles. The van der Waals surface area contributed by atoms with Crippen LogP contribution in [-0.2, 0) is 10.2 Å². The van der Waals surface area contributed by atoms with Gasteiger partial charge in [0, 0.05) is 5.56 Å². The molecule has 1 fully saturated rings. The van der Waals surface area contributed by atoms with Crippen molar-refractivity contribution in [2.45, 2.75) is 31.1 Å². The number of alkyl halides is 1. The van der Waals surface area contributed by atoms with Gasteiger partial charge in [-0.2, -0.15) is 0 Å². The molecule has 0 amide bonds. The van der Waals surface area contributed by atoms with Gasteiger partial charge in [0.15, 0.2) is 5.78 Å². The van der Waals surface area contributed by atoms with Crippen molar-refractivity contribution < 1.29 is 9.18 Å². The summed E-state index contributed by atoms with van der Waals surface area (Å²) in [4.78, 5) is 12.1. The van der Waals surface area contributed by atoms with Crippen molar-refractivity contribution >= 4 is 21.7 Å². The molecule has 0 heterocycles. The third-order valence-corrected chi connectivity index (χ3v) is 4.01. The molecule has 1 nitrogen and oxygen atoms in total. The summed E-state index contributed by atoms with van der Waals surface area (Å²) >= 11 is 3.21. The lowest BCUT2D eigenvalue weighted by atomic mass is 9.75. The van der Waals surface area contributed by atoms with Gasteiger partial charge in [0.25, 0.3) is 0 Å². The fourth-order valence-electron chi connectivity index (χ4n) is 2.65. The lowest BCUT2D eigenvalue weighted by molar-refractivity contribution is -0.121. The van der Waals surface area contributed by atoms with Gasteiger partial charge in [-0.3, -0.25) is 4.79 Å². The SMILES string of the molecule is O=C(CBr)C1(c2ccccc2F)CCCC1. The molecule has 1 aliphatic carbocycles. The molecular weight excluding hydrogens is 271 g/mol. The molecule has 0 aliphatic heterocycles. The van der Waals surface area contributed by atoms with Gasteiger partial charge in [0.1, 0.15) is 5.82 Å². The zero-order valence-electron chi connectivity index (χ0n) is 9.01. The summed E-state index contributed by atoms with van der Waals surface area (Å²) in [5, 5.41) is 0.307. The molecular formula is C13H14BrFO. The fraction of sp³-hybridized carbons (Fsp3) is 0.462. The van der Waals surface area contributed by atoms with Crippen molar-refractivity contribution in [3.8, 4) is 0 Å². The molecule has 16 heavy (non-hydrogen) atoms. The number of benzene rings is 1. The van der Waals surface area contributed by atoms with Crippen molar-refractivity contribution in [1.82, 2.24) is 0 Å². The summed E-state index contributed by atoms with van der Waals surface area (Å²) in [6.07, 6.45) is 3.57. The van der Waals surface area contributed by atoms with Crippen LogP contribution in [0.3, 0.4) is 0 Å². The Morgan fingerprint density at radius 1 is 1.31 bits per heavy atom. The second kappa shape index (κ2) is 4.66. The molecule has 0 N–H and O–H groups in total. The monoisotopic (exact) mass is 284 g/mol. The minimum absolute atomic E-state index is 0.107. The smallest absolute Gasteiger partial charge is 0.153 e. The maximum atomic E-state index is 13.8. The second-order valence-electron chi connectivity index (χ2n) is 4.33. The predicted molar refractivity (Wildman–Crippen MR) is 65.3 cm³/mol. The normalized spacial score (nSPS) is 18.6. The van der Waals surface area contributed by atoms with Gasteiger partial charge in [-0.25, -0.2) is 4.39 Å². The van der Waals surface area contributed by atoms with E-state index >= 15 is 0 Å². The highest BCUT2D eigenvalue weighted by atomic mass is 79.9. The number of halogens is 2. The van der Waals surface area contributed by atoms with Gasteiger partial charge in [0.2, 0.25) is 0 Å².